The maximum absolute atomic E-state index is 12.8. The Kier molecular flexibility index (Phi) is 5.99. The Balaban J connectivity index is 2.06. The van der Waals surface area contributed by atoms with E-state index in [2.05, 4.69) is 44.7 Å². The summed E-state index contributed by atoms with van der Waals surface area (Å²) in [4.78, 5) is 16.8. The van der Waals surface area contributed by atoms with Crippen molar-refractivity contribution in [1.29, 1.82) is 5.26 Å². The van der Waals surface area contributed by atoms with Gasteiger partial charge in [-0.05, 0) is 45.4 Å². The largest absolute Gasteiger partial charge is 0.496 e. The lowest BCUT2D eigenvalue weighted by Gasteiger charge is -2.43. The lowest BCUT2D eigenvalue weighted by atomic mass is 9.87. The van der Waals surface area contributed by atoms with E-state index in [0.717, 1.165) is 23.4 Å². The zero-order chi connectivity index (χ0) is 21.2. The highest BCUT2D eigenvalue weighted by molar-refractivity contribution is 6.02. The first kappa shape index (κ1) is 20.9. The molecule has 2 heterocycles. The SMILES string of the molecule is CCN1c2cc(OC)c(/C=C(\C#N)C(=O)N3CCOCC3)cc2C(C)=CC1(C)C. The minimum atomic E-state index is -0.265. The summed E-state index contributed by atoms with van der Waals surface area (Å²) in [6.45, 7) is 11.5. The molecule has 1 amide bonds. The molecular formula is C23H29N3O3. The second-order valence-electron chi connectivity index (χ2n) is 7.91. The molecule has 6 nitrogen and oxygen atoms in total. The Morgan fingerprint density at radius 1 is 1.34 bits per heavy atom. The molecule has 0 radical (unpaired) electrons. The number of hydrogen-bond acceptors (Lipinski definition) is 5. The number of morpholine rings is 1. The first-order valence-corrected chi connectivity index (χ1v) is 10.0. The molecule has 29 heavy (non-hydrogen) atoms. The summed E-state index contributed by atoms with van der Waals surface area (Å²) in [6.07, 6.45) is 3.89. The van der Waals surface area contributed by atoms with Crippen molar-refractivity contribution in [3.63, 3.8) is 0 Å². The van der Waals surface area contributed by atoms with Crippen LogP contribution in [-0.4, -0.2) is 56.3 Å². The second kappa shape index (κ2) is 8.30. The van der Waals surface area contributed by atoms with Crippen LogP contribution in [0.2, 0.25) is 0 Å². The molecular weight excluding hydrogens is 366 g/mol. The Hall–Kier alpha value is -2.78. The maximum atomic E-state index is 12.8. The van der Waals surface area contributed by atoms with Gasteiger partial charge in [-0.1, -0.05) is 6.08 Å². The van der Waals surface area contributed by atoms with Crippen molar-refractivity contribution in [2.75, 3.05) is 44.9 Å². The lowest BCUT2D eigenvalue weighted by molar-refractivity contribution is -0.130. The first-order valence-electron chi connectivity index (χ1n) is 10.0. The summed E-state index contributed by atoms with van der Waals surface area (Å²) in [5.41, 5.74) is 4.10. The van der Waals surface area contributed by atoms with Gasteiger partial charge in [0.25, 0.3) is 5.91 Å². The minimum Gasteiger partial charge on any atom is -0.496 e. The molecule has 1 aromatic carbocycles. The van der Waals surface area contributed by atoms with Crippen LogP contribution in [0.5, 0.6) is 5.75 Å². The van der Waals surface area contributed by atoms with Gasteiger partial charge in [-0.2, -0.15) is 5.26 Å². The predicted octanol–water partition coefficient (Wildman–Crippen LogP) is 3.48. The van der Waals surface area contributed by atoms with Crippen LogP contribution in [0, 0.1) is 11.3 Å². The molecule has 0 unspecified atom stereocenters. The fourth-order valence-corrected chi connectivity index (χ4v) is 4.22. The quantitative estimate of drug-likeness (QED) is 0.577. The Morgan fingerprint density at radius 2 is 2.03 bits per heavy atom. The Bertz CT molecular complexity index is 903. The zero-order valence-corrected chi connectivity index (χ0v) is 17.9. The van der Waals surface area contributed by atoms with E-state index >= 15 is 0 Å². The number of rotatable bonds is 4. The number of allylic oxidation sites excluding steroid dienone is 1. The third kappa shape index (κ3) is 4.01. The van der Waals surface area contributed by atoms with E-state index in [0.29, 0.717) is 32.1 Å². The third-order valence-electron chi connectivity index (χ3n) is 5.59. The lowest BCUT2D eigenvalue weighted by Crippen LogP contribution is -2.44. The van der Waals surface area contributed by atoms with Gasteiger partial charge >= 0.3 is 0 Å². The molecule has 0 bridgehead atoms. The molecule has 0 aliphatic carbocycles. The van der Waals surface area contributed by atoms with Crippen molar-refractivity contribution < 1.29 is 14.3 Å². The average molecular weight is 396 g/mol. The van der Waals surface area contributed by atoms with Gasteiger partial charge in [0, 0.05) is 42.5 Å². The van der Waals surface area contributed by atoms with E-state index in [1.807, 2.05) is 12.1 Å². The molecule has 0 spiro atoms. The highest BCUT2D eigenvalue weighted by Crippen LogP contribution is 2.42. The van der Waals surface area contributed by atoms with Crippen LogP contribution in [0.1, 0.15) is 38.8 Å². The second-order valence-corrected chi connectivity index (χ2v) is 7.91. The van der Waals surface area contributed by atoms with Gasteiger partial charge in [0.05, 0.1) is 25.9 Å². The van der Waals surface area contributed by atoms with Gasteiger partial charge in [-0.25, -0.2) is 0 Å². The van der Waals surface area contributed by atoms with Crippen LogP contribution < -0.4 is 9.64 Å². The van der Waals surface area contributed by atoms with E-state index in [4.69, 9.17) is 9.47 Å². The smallest absolute Gasteiger partial charge is 0.264 e. The van der Waals surface area contributed by atoms with Gasteiger partial charge in [-0.15, -0.1) is 0 Å². The number of methoxy groups -OCH3 is 1. The Morgan fingerprint density at radius 3 is 2.62 bits per heavy atom. The van der Waals surface area contributed by atoms with Crippen molar-refractivity contribution >= 4 is 23.2 Å². The number of benzene rings is 1. The standard InChI is InChI=1S/C23H29N3O3/c1-6-26-20-13-21(28-5)17(12-19(20)16(2)14-23(26,3)4)11-18(15-24)22(27)25-7-9-29-10-8-25/h11-14H,6-10H2,1-5H3/b18-11+. The highest BCUT2D eigenvalue weighted by atomic mass is 16.5. The van der Waals surface area contributed by atoms with Crippen molar-refractivity contribution in [2.45, 2.75) is 33.2 Å². The van der Waals surface area contributed by atoms with Crippen molar-refractivity contribution in [2.24, 2.45) is 0 Å². The van der Waals surface area contributed by atoms with E-state index in [1.54, 1.807) is 18.1 Å². The van der Waals surface area contributed by atoms with E-state index in [1.165, 1.54) is 5.57 Å². The summed E-state index contributed by atoms with van der Waals surface area (Å²) in [6, 6.07) is 6.10. The molecule has 0 aromatic heterocycles. The molecule has 0 N–H and O–H groups in total. The minimum absolute atomic E-state index is 0.0989. The summed E-state index contributed by atoms with van der Waals surface area (Å²) in [5.74, 6) is 0.384. The number of fused-ring (bicyclic) bond motifs is 1. The molecule has 1 saturated heterocycles. The van der Waals surface area contributed by atoms with Crippen molar-refractivity contribution in [3.05, 3.63) is 34.9 Å². The zero-order valence-electron chi connectivity index (χ0n) is 17.9. The summed E-state index contributed by atoms with van der Waals surface area (Å²) in [7, 11) is 1.61. The molecule has 1 aromatic rings. The van der Waals surface area contributed by atoms with E-state index in [-0.39, 0.29) is 17.0 Å². The number of carbonyl (C=O) groups is 1. The van der Waals surface area contributed by atoms with Crippen molar-refractivity contribution in [1.82, 2.24) is 4.90 Å². The molecule has 2 aliphatic rings. The van der Waals surface area contributed by atoms with Crippen LogP contribution in [-0.2, 0) is 9.53 Å². The maximum Gasteiger partial charge on any atom is 0.264 e. The molecule has 2 aliphatic heterocycles. The van der Waals surface area contributed by atoms with Crippen LogP contribution >= 0.6 is 0 Å². The van der Waals surface area contributed by atoms with Crippen LogP contribution in [0.3, 0.4) is 0 Å². The highest BCUT2D eigenvalue weighted by Gasteiger charge is 2.31. The number of nitriles is 1. The molecule has 154 valence electrons. The van der Waals surface area contributed by atoms with Crippen LogP contribution in [0.4, 0.5) is 5.69 Å². The molecule has 3 rings (SSSR count). The van der Waals surface area contributed by atoms with Crippen LogP contribution in [0.25, 0.3) is 11.6 Å². The number of ether oxygens (including phenoxy) is 2. The number of nitrogens with zero attached hydrogens (tertiary/aromatic N) is 3. The Labute approximate surface area is 173 Å². The number of carbonyl (C=O) groups excluding carboxylic acids is 1. The van der Waals surface area contributed by atoms with Gasteiger partial charge in [-0.3, -0.25) is 4.79 Å². The predicted molar refractivity (Wildman–Crippen MR) is 115 cm³/mol. The summed E-state index contributed by atoms with van der Waals surface area (Å²) >= 11 is 0. The monoisotopic (exact) mass is 395 g/mol. The van der Waals surface area contributed by atoms with E-state index in [9.17, 15) is 10.1 Å². The molecule has 0 atom stereocenters. The van der Waals surface area contributed by atoms with Gasteiger partial charge in [0.2, 0.25) is 0 Å². The summed E-state index contributed by atoms with van der Waals surface area (Å²) in [5, 5.41) is 9.63. The van der Waals surface area contributed by atoms with Crippen LogP contribution in [0.15, 0.2) is 23.8 Å². The fraction of sp³-hybridized carbons (Fsp3) is 0.478. The topological polar surface area (TPSA) is 65.8 Å². The van der Waals surface area contributed by atoms with Gasteiger partial charge in [0.1, 0.15) is 17.4 Å². The number of amides is 1. The average Bonchev–Trinajstić information content (AvgIpc) is 2.71. The first-order chi connectivity index (χ1) is 13.8. The fourth-order valence-electron chi connectivity index (χ4n) is 4.22. The number of anilines is 1. The van der Waals surface area contributed by atoms with Gasteiger partial charge in [0.15, 0.2) is 0 Å². The number of likely N-dealkylation sites (N-methyl/N-ethyl adjacent to an activating group) is 1. The molecule has 6 heteroatoms. The normalized spacial score (nSPS) is 18.6. The molecule has 1 fully saturated rings. The summed E-state index contributed by atoms with van der Waals surface area (Å²) < 4.78 is 10.9. The van der Waals surface area contributed by atoms with E-state index < -0.39 is 0 Å². The third-order valence-corrected chi connectivity index (χ3v) is 5.59. The molecule has 0 saturated carbocycles. The van der Waals surface area contributed by atoms with Gasteiger partial charge < -0.3 is 19.3 Å². The number of hydrogen-bond donors (Lipinski definition) is 0. The van der Waals surface area contributed by atoms with Crippen molar-refractivity contribution in [3.8, 4) is 11.8 Å².